The fraction of sp³-hybridized carbons (Fsp3) is 0.667. The molecule has 2 heterocycles. The number of ether oxygens (including phenoxy) is 2. The topological polar surface area (TPSA) is 214 Å². The van der Waals surface area contributed by atoms with Crippen LogP contribution in [0.4, 0.5) is 0 Å². The lowest BCUT2D eigenvalue weighted by Crippen LogP contribution is -2.55. The van der Waals surface area contributed by atoms with Gasteiger partial charge in [-0.2, -0.15) is 0 Å². The van der Waals surface area contributed by atoms with E-state index in [4.69, 9.17) is 19.7 Å². The fourth-order valence-corrected chi connectivity index (χ4v) is 10.7. The van der Waals surface area contributed by atoms with Gasteiger partial charge in [0.25, 0.3) is 0 Å². The van der Waals surface area contributed by atoms with E-state index in [1.165, 1.54) is 0 Å². The zero-order valence-corrected chi connectivity index (χ0v) is 34.1. The normalized spacial score (nSPS) is 28.3. The van der Waals surface area contributed by atoms with Gasteiger partial charge in [-0.3, -0.25) is 9.59 Å². The number of aliphatic hydroxyl groups excluding tert-OH is 4. The summed E-state index contributed by atoms with van der Waals surface area (Å²) in [5, 5.41) is 78.4. The van der Waals surface area contributed by atoms with E-state index in [2.05, 4.69) is 27.7 Å². The van der Waals surface area contributed by atoms with E-state index in [-0.39, 0.29) is 91.3 Å². The quantitative estimate of drug-likeness (QED) is 0.150. The van der Waals surface area contributed by atoms with Crippen molar-refractivity contribution in [2.75, 3.05) is 14.2 Å². The molecule has 2 aliphatic carbocycles. The Labute approximate surface area is 319 Å². The van der Waals surface area contributed by atoms with E-state index in [1.54, 1.807) is 0 Å². The third-order valence-corrected chi connectivity index (χ3v) is 12.6. The lowest BCUT2D eigenvalue weighted by molar-refractivity contribution is -0.156. The molecule has 2 aromatic rings. The molecule has 0 amide bonds. The number of carbonyl (C=O) groups excluding carboxylic acids is 2. The highest BCUT2D eigenvalue weighted by molar-refractivity contribution is 5.88. The van der Waals surface area contributed by atoms with Crippen LogP contribution < -0.4 is 9.47 Å². The van der Waals surface area contributed by atoms with Gasteiger partial charge in [-0.15, -0.1) is 0 Å². The second kappa shape index (κ2) is 16.3. The van der Waals surface area contributed by atoms with Crippen molar-refractivity contribution < 1.29 is 59.9 Å². The number of phenols is 4. The molecule has 0 unspecified atom stereocenters. The number of rotatable bonds is 4. The molecule has 2 fully saturated rings. The fourth-order valence-electron chi connectivity index (χ4n) is 10.7. The van der Waals surface area contributed by atoms with Gasteiger partial charge in [0.05, 0.1) is 11.1 Å². The highest BCUT2D eigenvalue weighted by atomic mass is 16.6. The van der Waals surface area contributed by atoms with Crippen molar-refractivity contribution in [1.82, 2.24) is 0 Å². The number of hydrogen-bond acceptors (Lipinski definition) is 12. The molecule has 2 aliphatic heterocycles. The number of aromatic hydroxyl groups is 4. The predicted octanol–water partition coefficient (Wildman–Crippen LogP) is 6.87. The number of aldehydes is 2. The van der Waals surface area contributed by atoms with Crippen molar-refractivity contribution in [2.24, 2.45) is 22.7 Å². The van der Waals surface area contributed by atoms with Crippen LogP contribution in [0.15, 0.2) is 0 Å². The van der Waals surface area contributed by atoms with Gasteiger partial charge in [0, 0.05) is 59.1 Å². The molecule has 12 nitrogen and oxygen atoms in total. The zero-order valence-electron chi connectivity index (χ0n) is 34.1. The molecule has 0 bridgehead atoms. The summed E-state index contributed by atoms with van der Waals surface area (Å²) in [5.74, 6) is -1.26. The van der Waals surface area contributed by atoms with Crippen molar-refractivity contribution in [3.05, 3.63) is 33.4 Å². The Morgan fingerprint density at radius 1 is 0.556 bits per heavy atom. The highest BCUT2D eigenvalue weighted by Gasteiger charge is 2.58. The monoisotopic (exact) mass is 760 g/mol. The molecule has 0 spiro atoms. The summed E-state index contributed by atoms with van der Waals surface area (Å²) in [5.41, 5.74) is 0.482. The Hall–Kier alpha value is -3.58. The first-order valence-corrected chi connectivity index (χ1v) is 18.9. The minimum atomic E-state index is -1.07. The van der Waals surface area contributed by atoms with Crippen molar-refractivity contribution in [1.29, 1.82) is 0 Å². The molecule has 2 aromatic carbocycles. The average Bonchev–Trinajstić information content (AvgIpc) is 3.07. The van der Waals surface area contributed by atoms with Gasteiger partial charge in [-0.25, -0.2) is 0 Å². The summed E-state index contributed by atoms with van der Waals surface area (Å²) < 4.78 is 11.5. The maximum Gasteiger partial charge on any atom is 0.201 e. The first-order chi connectivity index (χ1) is 25.1. The minimum absolute atomic E-state index is 0.146. The smallest absolute Gasteiger partial charge is 0.201 e. The molecule has 2 saturated carbocycles. The summed E-state index contributed by atoms with van der Waals surface area (Å²) in [4.78, 5) is 23.8. The summed E-state index contributed by atoms with van der Waals surface area (Å²) >= 11 is 0. The highest BCUT2D eigenvalue weighted by Crippen LogP contribution is 2.64. The first-order valence-electron chi connectivity index (χ1n) is 18.9. The van der Waals surface area contributed by atoms with Crippen molar-refractivity contribution in [3.63, 3.8) is 0 Å². The SMILES string of the molecule is CC(C)c1c(O)c(C=O)c2c(c1O)O[C@@H](O)[C@H]1C(C)(C)CCC[C@]21C.CC(C)c1c(O)c(C=O)c2c(c1O)O[C@@H](O)[C@H]1C(C)(C)CCC[C@]21C.CO.CO. The lowest BCUT2D eigenvalue weighted by Gasteiger charge is -2.55. The van der Waals surface area contributed by atoms with E-state index in [0.717, 1.165) is 52.7 Å². The second-order valence-corrected chi connectivity index (χ2v) is 17.5. The molecular weight excluding hydrogens is 696 g/mol. The molecular formula is C42H64O12. The van der Waals surface area contributed by atoms with Crippen molar-refractivity contribution in [3.8, 4) is 34.5 Å². The first kappa shape index (κ1) is 44.8. The Kier molecular flexibility index (Phi) is 13.5. The molecule has 0 saturated heterocycles. The van der Waals surface area contributed by atoms with Crippen LogP contribution in [-0.4, -0.2) is 80.2 Å². The van der Waals surface area contributed by atoms with E-state index < -0.39 is 23.4 Å². The predicted molar refractivity (Wildman–Crippen MR) is 205 cm³/mol. The van der Waals surface area contributed by atoms with Gasteiger partial charge in [0.1, 0.15) is 11.5 Å². The zero-order chi connectivity index (χ0) is 41.5. The van der Waals surface area contributed by atoms with Crippen LogP contribution in [0.2, 0.25) is 0 Å². The molecule has 12 heteroatoms. The molecule has 0 aromatic heterocycles. The Balaban J connectivity index is 0.000000266. The number of phenolic OH excluding ortho intramolecular Hbond substituents is 4. The standard InChI is InChI=1S/2C20H28O5.2CH4O/c2*1-10(2)12-14(22)11(9-21)13-16(15(12)23)25-18(24)17-19(3,4)7-6-8-20(13,17)5;2*1-2/h2*9-10,17-18,22-24H,6-8H2,1-5H3;2*2H,1H3/t2*17-,18+,20+;;/m00../s1. The largest absolute Gasteiger partial charge is 0.507 e. The average molecular weight is 761 g/mol. The number of aliphatic hydroxyl groups is 4. The van der Waals surface area contributed by atoms with Crippen molar-refractivity contribution in [2.45, 2.75) is 143 Å². The van der Waals surface area contributed by atoms with E-state index in [9.17, 15) is 40.2 Å². The summed E-state index contributed by atoms with van der Waals surface area (Å²) in [6, 6.07) is 0. The van der Waals surface area contributed by atoms with Gasteiger partial charge < -0.3 is 50.3 Å². The number of carbonyl (C=O) groups is 2. The third kappa shape index (κ3) is 7.03. The second-order valence-electron chi connectivity index (χ2n) is 17.5. The van der Waals surface area contributed by atoms with Crippen LogP contribution in [-0.2, 0) is 10.8 Å². The van der Waals surface area contributed by atoms with Crippen LogP contribution in [0, 0.1) is 22.7 Å². The molecule has 6 atom stereocenters. The van der Waals surface area contributed by atoms with Crippen LogP contribution >= 0.6 is 0 Å². The van der Waals surface area contributed by atoms with Gasteiger partial charge in [0.2, 0.25) is 12.6 Å². The lowest BCUT2D eigenvalue weighted by atomic mass is 9.52. The number of benzene rings is 2. The molecule has 54 heavy (non-hydrogen) atoms. The molecule has 8 N–H and O–H groups in total. The number of fused-ring (bicyclic) bond motifs is 6. The minimum Gasteiger partial charge on any atom is -0.507 e. The Morgan fingerprint density at radius 3 is 1.11 bits per heavy atom. The Bertz CT molecular complexity index is 1570. The Morgan fingerprint density at radius 2 is 0.852 bits per heavy atom. The molecule has 0 radical (unpaired) electrons. The summed E-state index contributed by atoms with van der Waals surface area (Å²) in [7, 11) is 2.00. The molecule has 4 aliphatic rings. The van der Waals surface area contributed by atoms with Crippen LogP contribution in [0.5, 0.6) is 34.5 Å². The van der Waals surface area contributed by atoms with Gasteiger partial charge in [0.15, 0.2) is 35.6 Å². The van der Waals surface area contributed by atoms with Crippen molar-refractivity contribution >= 4 is 12.6 Å². The van der Waals surface area contributed by atoms with Crippen LogP contribution in [0.25, 0.3) is 0 Å². The van der Waals surface area contributed by atoms with Gasteiger partial charge in [-0.05, 0) is 48.3 Å². The van der Waals surface area contributed by atoms with E-state index in [1.807, 2.05) is 41.5 Å². The van der Waals surface area contributed by atoms with Gasteiger partial charge >= 0.3 is 0 Å². The van der Waals surface area contributed by atoms with Crippen LogP contribution in [0.1, 0.15) is 163 Å². The van der Waals surface area contributed by atoms with E-state index >= 15 is 0 Å². The van der Waals surface area contributed by atoms with Crippen LogP contribution in [0.3, 0.4) is 0 Å². The van der Waals surface area contributed by atoms with Gasteiger partial charge in [-0.1, -0.05) is 82.1 Å². The summed E-state index contributed by atoms with van der Waals surface area (Å²) in [6.07, 6.45) is 4.45. The molecule has 6 rings (SSSR count). The maximum atomic E-state index is 11.9. The maximum absolute atomic E-state index is 11.9. The third-order valence-electron chi connectivity index (χ3n) is 12.6. The molecule has 304 valence electrons. The van der Waals surface area contributed by atoms with E-state index in [0.29, 0.717) is 23.7 Å². The summed E-state index contributed by atoms with van der Waals surface area (Å²) in [6.45, 7) is 19.7. The number of hydrogen-bond donors (Lipinski definition) is 8.